The van der Waals surface area contributed by atoms with E-state index in [1.807, 2.05) is 0 Å². The molecule has 0 bridgehead atoms. The van der Waals surface area contributed by atoms with Gasteiger partial charge in [-0.3, -0.25) is 0 Å². The van der Waals surface area contributed by atoms with Crippen molar-refractivity contribution in [3.05, 3.63) is 23.5 Å². The van der Waals surface area contributed by atoms with Gasteiger partial charge in [0.2, 0.25) is 0 Å². The van der Waals surface area contributed by atoms with Crippen LogP contribution in [0.5, 0.6) is 0 Å². The first-order valence-corrected chi connectivity index (χ1v) is 4.46. The second-order valence-corrected chi connectivity index (χ2v) is 3.93. The molecule has 66 valence electrons. The van der Waals surface area contributed by atoms with Crippen LogP contribution in [0.15, 0.2) is 12.1 Å². The molecule has 0 spiro atoms. The van der Waals surface area contributed by atoms with Gasteiger partial charge in [0.25, 0.3) is 0 Å². The summed E-state index contributed by atoms with van der Waals surface area (Å²) in [7, 11) is 0. The molecule has 1 saturated carbocycles. The summed E-state index contributed by atoms with van der Waals surface area (Å²) in [6.45, 7) is 4.94. The van der Waals surface area contributed by atoms with Crippen LogP contribution in [0.2, 0.25) is 0 Å². The SMILES string of the molecule is Cc1ccc(C)n1CC1(O)CC1. The van der Waals surface area contributed by atoms with Gasteiger partial charge >= 0.3 is 0 Å². The van der Waals surface area contributed by atoms with E-state index in [2.05, 4.69) is 30.5 Å². The Hall–Kier alpha value is -0.760. The molecule has 0 saturated heterocycles. The molecule has 0 aliphatic heterocycles. The lowest BCUT2D eigenvalue weighted by molar-refractivity contribution is 0.128. The number of rotatable bonds is 2. The second-order valence-electron chi connectivity index (χ2n) is 3.93. The molecule has 1 aromatic heterocycles. The Kier molecular flexibility index (Phi) is 1.55. The van der Waals surface area contributed by atoms with Crippen LogP contribution < -0.4 is 0 Å². The molecule has 2 heteroatoms. The van der Waals surface area contributed by atoms with Crippen LogP contribution in [0.25, 0.3) is 0 Å². The van der Waals surface area contributed by atoms with Crippen molar-refractivity contribution in [1.29, 1.82) is 0 Å². The topological polar surface area (TPSA) is 25.2 Å². The summed E-state index contributed by atoms with van der Waals surface area (Å²) in [5, 5.41) is 9.73. The maximum absolute atomic E-state index is 9.73. The highest BCUT2D eigenvalue weighted by Crippen LogP contribution is 2.37. The van der Waals surface area contributed by atoms with Crippen molar-refractivity contribution in [1.82, 2.24) is 4.57 Å². The first kappa shape index (κ1) is 7.87. The van der Waals surface area contributed by atoms with E-state index >= 15 is 0 Å². The molecular weight excluding hydrogens is 150 g/mol. The van der Waals surface area contributed by atoms with Gasteiger partial charge in [-0.2, -0.15) is 0 Å². The standard InChI is InChI=1S/C10H15NO/c1-8-3-4-9(2)11(8)7-10(12)5-6-10/h3-4,12H,5-7H2,1-2H3. The molecule has 2 nitrogen and oxygen atoms in total. The Morgan fingerprint density at radius 1 is 1.33 bits per heavy atom. The van der Waals surface area contributed by atoms with Crippen molar-refractivity contribution in [3.63, 3.8) is 0 Å². The molecular formula is C10H15NO. The highest BCUT2D eigenvalue weighted by molar-refractivity contribution is 5.15. The van der Waals surface area contributed by atoms with Crippen LogP contribution in [0.3, 0.4) is 0 Å². The van der Waals surface area contributed by atoms with Gasteiger partial charge in [-0.05, 0) is 38.8 Å². The Bertz CT molecular complexity index is 277. The highest BCUT2D eigenvalue weighted by atomic mass is 16.3. The summed E-state index contributed by atoms with van der Waals surface area (Å²) in [6, 6.07) is 4.20. The molecule has 0 aromatic carbocycles. The number of aliphatic hydroxyl groups is 1. The monoisotopic (exact) mass is 165 g/mol. The molecule has 0 radical (unpaired) electrons. The number of aromatic nitrogens is 1. The van der Waals surface area contributed by atoms with Crippen molar-refractivity contribution in [2.75, 3.05) is 0 Å². The Balaban J connectivity index is 2.21. The molecule has 1 aliphatic rings. The van der Waals surface area contributed by atoms with E-state index in [0.717, 1.165) is 19.4 Å². The molecule has 0 atom stereocenters. The quantitative estimate of drug-likeness (QED) is 0.708. The molecule has 1 N–H and O–H groups in total. The lowest BCUT2D eigenvalue weighted by Crippen LogP contribution is -2.18. The summed E-state index contributed by atoms with van der Waals surface area (Å²) in [4.78, 5) is 0. The lowest BCUT2D eigenvalue weighted by atomic mass is 10.3. The summed E-state index contributed by atoms with van der Waals surface area (Å²) in [5.41, 5.74) is 2.11. The van der Waals surface area contributed by atoms with Crippen LogP contribution in [-0.4, -0.2) is 15.3 Å². The van der Waals surface area contributed by atoms with Gasteiger partial charge in [-0.15, -0.1) is 0 Å². The van der Waals surface area contributed by atoms with Gasteiger partial charge in [0.1, 0.15) is 0 Å². The second kappa shape index (κ2) is 2.36. The van der Waals surface area contributed by atoms with Gasteiger partial charge in [-0.25, -0.2) is 0 Å². The minimum absolute atomic E-state index is 0.380. The van der Waals surface area contributed by atoms with E-state index in [9.17, 15) is 5.11 Å². The minimum Gasteiger partial charge on any atom is -0.388 e. The van der Waals surface area contributed by atoms with Gasteiger partial charge in [0.15, 0.2) is 0 Å². The van der Waals surface area contributed by atoms with E-state index < -0.39 is 0 Å². The van der Waals surface area contributed by atoms with E-state index in [-0.39, 0.29) is 5.60 Å². The number of aryl methyl sites for hydroxylation is 2. The van der Waals surface area contributed by atoms with E-state index in [1.54, 1.807) is 0 Å². The van der Waals surface area contributed by atoms with Gasteiger partial charge < -0.3 is 9.67 Å². The third-order valence-corrected chi connectivity index (χ3v) is 2.70. The summed E-state index contributed by atoms with van der Waals surface area (Å²) in [5.74, 6) is 0. The fourth-order valence-corrected chi connectivity index (χ4v) is 1.55. The zero-order chi connectivity index (χ0) is 8.77. The van der Waals surface area contributed by atoms with E-state index in [1.165, 1.54) is 11.4 Å². The summed E-state index contributed by atoms with van der Waals surface area (Å²) >= 11 is 0. The van der Waals surface area contributed by atoms with Crippen molar-refractivity contribution >= 4 is 0 Å². The number of nitrogens with zero attached hydrogens (tertiary/aromatic N) is 1. The largest absolute Gasteiger partial charge is 0.388 e. The predicted octanol–water partition coefficient (Wildman–Crippen LogP) is 1.63. The van der Waals surface area contributed by atoms with Crippen molar-refractivity contribution in [3.8, 4) is 0 Å². The number of hydrogen-bond donors (Lipinski definition) is 1. The first-order chi connectivity index (χ1) is 5.61. The van der Waals surface area contributed by atoms with E-state index in [0.29, 0.717) is 0 Å². The first-order valence-electron chi connectivity index (χ1n) is 4.46. The molecule has 1 aliphatic carbocycles. The van der Waals surface area contributed by atoms with Crippen LogP contribution >= 0.6 is 0 Å². The third kappa shape index (κ3) is 1.27. The van der Waals surface area contributed by atoms with Gasteiger partial charge in [-0.1, -0.05) is 0 Å². The maximum atomic E-state index is 9.73. The van der Waals surface area contributed by atoms with Crippen LogP contribution in [0.1, 0.15) is 24.2 Å². The normalized spacial score (nSPS) is 19.6. The van der Waals surface area contributed by atoms with E-state index in [4.69, 9.17) is 0 Å². The average Bonchev–Trinajstić information content (AvgIpc) is 2.67. The van der Waals surface area contributed by atoms with Crippen molar-refractivity contribution in [2.24, 2.45) is 0 Å². The predicted molar refractivity (Wildman–Crippen MR) is 48.1 cm³/mol. The van der Waals surface area contributed by atoms with Crippen molar-refractivity contribution in [2.45, 2.75) is 38.8 Å². The summed E-state index contributed by atoms with van der Waals surface area (Å²) in [6.07, 6.45) is 1.92. The molecule has 0 unspecified atom stereocenters. The fraction of sp³-hybridized carbons (Fsp3) is 0.600. The molecule has 0 amide bonds. The van der Waals surface area contributed by atoms with Gasteiger partial charge in [0, 0.05) is 11.4 Å². The Morgan fingerprint density at radius 3 is 2.25 bits per heavy atom. The molecule has 1 aromatic rings. The van der Waals surface area contributed by atoms with Crippen LogP contribution in [0.4, 0.5) is 0 Å². The average molecular weight is 165 g/mol. The molecule has 1 fully saturated rings. The van der Waals surface area contributed by atoms with Crippen molar-refractivity contribution < 1.29 is 5.11 Å². The molecule has 12 heavy (non-hydrogen) atoms. The minimum atomic E-state index is -0.380. The zero-order valence-corrected chi connectivity index (χ0v) is 7.67. The van der Waals surface area contributed by atoms with Crippen LogP contribution in [0, 0.1) is 13.8 Å². The molecule has 1 heterocycles. The van der Waals surface area contributed by atoms with Crippen LogP contribution in [-0.2, 0) is 6.54 Å². The molecule has 2 rings (SSSR count). The zero-order valence-electron chi connectivity index (χ0n) is 7.67. The Labute approximate surface area is 72.8 Å². The van der Waals surface area contributed by atoms with Gasteiger partial charge in [0.05, 0.1) is 12.1 Å². The maximum Gasteiger partial charge on any atom is 0.0828 e. The third-order valence-electron chi connectivity index (χ3n) is 2.70. The highest BCUT2D eigenvalue weighted by Gasteiger charge is 2.40. The smallest absolute Gasteiger partial charge is 0.0828 e. The number of hydrogen-bond acceptors (Lipinski definition) is 1. The Morgan fingerprint density at radius 2 is 1.83 bits per heavy atom. The lowest BCUT2D eigenvalue weighted by Gasteiger charge is -2.13. The summed E-state index contributed by atoms with van der Waals surface area (Å²) < 4.78 is 2.19. The fourth-order valence-electron chi connectivity index (χ4n) is 1.55.